The zero-order chi connectivity index (χ0) is 14.9. The van der Waals surface area contributed by atoms with Crippen LogP contribution >= 0.6 is 0 Å². The number of fused-ring (bicyclic) bond motifs is 1. The summed E-state index contributed by atoms with van der Waals surface area (Å²) >= 11 is 0. The van der Waals surface area contributed by atoms with E-state index in [-0.39, 0.29) is 51.4 Å². The molecule has 20 heavy (non-hydrogen) atoms. The van der Waals surface area contributed by atoms with Crippen molar-refractivity contribution in [2.24, 2.45) is 5.92 Å². The van der Waals surface area contributed by atoms with Gasteiger partial charge in [-0.1, -0.05) is 0 Å². The molecule has 2 atom stereocenters. The van der Waals surface area contributed by atoms with Crippen LogP contribution < -0.4 is 51.4 Å². The molecule has 10 heteroatoms. The van der Waals surface area contributed by atoms with Gasteiger partial charge in [0.15, 0.2) is 0 Å². The van der Waals surface area contributed by atoms with E-state index >= 15 is 0 Å². The standard InChI is InChI=1S/C10H14BF5NO2.K/c1-8(2,3)19-7(18)17-4-6-9(5-17,10(6,12)13)11(14,15)16;/h6H,4-5H2,1-3H3;/q-1;+1. The molecule has 0 bridgehead atoms. The maximum absolute atomic E-state index is 13.3. The number of carbonyl (C=O) groups excluding carboxylic acids is 1. The minimum absolute atomic E-state index is 0. The van der Waals surface area contributed by atoms with Gasteiger partial charge in [-0.3, -0.25) is 0 Å². The normalized spacial score (nSPS) is 31.4. The molecule has 0 spiro atoms. The average Bonchev–Trinajstić information content (AvgIpc) is 2.56. The number of nitrogens with zero attached hydrogens (tertiary/aromatic N) is 1. The fourth-order valence-electron chi connectivity index (χ4n) is 2.66. The minimum atomic E-state index is -5.72. The largest absolute Gasteiger partial charge is 1.00 e. The van der Waals surface area contributed by atoms with E-state index in [2.05, 4.69) is 0 Å². The van der Waals surface area contributed by atoms with Crippen molar-refractivity contribution < 1.29 is 82.6 Å². The van der Waals surface area contributed by atoms with Crippen LogP contribution in [0.25, 0.3) is 0 Å². The first-order valence-corrected chi connectivity index (χ1v) is 5.88. The van der Waals surface area contributed by atoms with E-state index in [9.17, 15) is 26.5 Å². The average molecular weight is 325 g/mol. The van der Waals surface area contributed by atoms with Crippen LogP contribution in [-0.4, -0.2) is 42.6 Å². The van der Waals surface area contributed by atoms with Crippen molar-refractivity contribution in [3.05, 3.63) is 0 Å². The first kappa shape index (κ1) is 18.7. The topological polar surface area (TPSA) is 29.5 Å². The van der Waals surface area contributed by atoms with Crippen LogP contribution in [0.2, 0.25) is 5.31 Å². The first-order chi connectivity index (χ1) is 8.33. The predicted molar refractivity (Wildman–Crippen MR) is 58.0 cm³/mol. The van der Waals surface area contributed by atoms with Crippen LogP contribution in [-0.2, 0) is 4.74 Å². The number of halogens is 5. The van der Waals surface area contributed by atoms with Gasteiger partial charge in [0.2, 0.25) is 5.92 Å². The van der Waals surface area contributed by atoms with Gasteiger partial charge in [-0.15, -0.1) is 0 Å². The van der Waals surface area contributed by atoms with Gasteiger partial charge in [0.25, 0.3) is 0 Å². The molecule has 0 N–H and O–H groups in total. The fraction of sp³-hybridized carbons (Fsp3) is 0.900. The second kappa shape index (κ2) is 5.07. The Morgan fingerprint density at radius 3 is 2.15 bits per heavy atom. The number of piperidine rings is 1. The van der Waals surface area contributed by atoms with Gasteiger partial charge in [-0.25, -0.2) is 13.6 Å². The SMILES string of the molecule is CC(C)(C)OC(=O)N1CC2C(F)(F)C2([B-](F)(F)F)C1.[K+]. The predicted octanol–water partition coefficient (Wildman–Crippen LogP) is 0.0940. The zero-order valence-electron chi connectivity index (χ0n) is 11.7. The van der Waals surface area contributed by atoms with Gasteiger partial charge >= 0.3 is 64.5 Å². The van der Waals surface area contributed by atoms with Crippen LogP contribution in [0.15, 0.2) is 0 Å². The summed E-state index contributed by atoms with van der Waals surface area (Å²) in [5, 5.41) is -3.02. The molecule has 1 saturated carbocycles. The Kier molecular flexibility index (Phi) is 4.74. The van der Waals surface area contributed by atoms with E-state index < -0.39 is 48.9 Å². The Bertz CT molecular complexity index is 413. The second-order valence-electron chi connectivity index (χ2n) is 6.15. The van der Waals surface area contributed by atoms with Crippen LogP contribution in [0, 0.1) is 5.92 Å². The van der Waals surface area contributed by atoms with Gasteiger partial charge in [0.1, 0.15) is 5.60 Å². The first-order valence-electron chi connectivity index (χ1n) is 5.88. The summed E-state index contributed by atoms with van der Waals surface area (Å²) in [5.74, 6) is -5.59. The van der Waals surface area contributed by atoms with Crippen LogP contribution in [0.5, 0.6) is 0 Å². The number of amides is 1. The molecule has 1 amide bonds. The zero-order valence-corrected chi connectivity index (χ0v) is 14.8. The van der Waals surface area contributed by atoms with E-state index in [0.717, 1.165) is 4.90 Å². The Balaban J connectivity index is 0.00000200. The Hall–Kier alpha value is 0.621. The van der Waals surface area contributed by atoms with Gasteiger partial charge in [0.05, 0.1) is 0 Å². The van der Waals surface area contributed by atoms with Gasteiger partial charge < -0.3 is 22.6 Å². The Labute approximate surface area is 156 Å². The third-order valence-corrected chi connectivity index (χ3v) is 3.69. The van der Waals surface area contributed by atoms with E-state index in [0.29, 0.717) is 0 Å². The third-order valence-electron chi connectivity index (χ3n) is 3.69. The van der Waals surface area contributed by atoms with Crippen molar-refractivity contribution in [3.63, 3.8) is 0 Å². The molecule has 1 heterocycles. The molecule has 0 radical (unpaired) electrons. The molecule has 1 aliphatic carbocycles. The van der Waals surface area contributed by atoms with Crippen molar-refractivity contribution in [1.82, 2.24) is 4.90 Å². The molecular weight excluding hydrogens is 311 g/mol. The minimum Gasteiger partial charge on any atom is -0.448 e. The molecule has 1 saturated heterocycles. The number of hydrogen-bond donors (Lipinski definition) is 0. The summed E-state index contributed by atoms with van der Waals surface area (Å²) in [6, 6.07) is 0. The van der Waals surface area contributed by atoms with E-state index in [1.807, 2.05) is 0 Å². The molecule has 0 aromatic heterocycles. The number of carbonyl (C=O) groups is 1. The van der Waals surface area contributed by atoms with Gasteiger partial charge in [-0.05, 0) is 20.8 Å². The summed E-state index contributed by atoms with van der Waals surface area (Å²) in [6.45, 7) is -2.67. The van der Waals surface area contributed by atoms with Gasteiger partial charge in [0, 0.05) is 24.3 Å². The van der Waals surface area contributed by atoms with Crippen molar-refractivity contribution in [3.8, 4) is 0 Å². The van der Waals surface area contributed by atoms with Gasteiger partial charge in [-0.2, -0.15) is 0 Å². The molecule has 1 aliphatic heterocycles. The molecule has 2 rings (SSSR count). The molecule has 110 valence electrons. The Morgan fingerprint density at radius 1 is 1.30 bits per heavy atom. The molecular formula is C10H14BF5KNO2. The third kappa shape index (κ3) is 2.66. The van der Waals surface area contributed by atoms with E-state index in [4.69, 9.17) is 4.74 Å². The maximum Gasteiger partial charge on any atom is 1.00 e. The fourth-order valence-corrected chi connectivity index (χ4v) is 2.66. The maximum atomic E-state index is 13.3. The number of likely N-dealkylation sites (tertiary alicyclic amines) is 1. The quantitative estimate of drug-likeness (QED) is 0.505. The number of rotatable bonds is 1. The molecule has 0 aromatic rings. The van der Waals surface area contributed by atoms with Crippen molar-refractivity contribution in [2.75, 3.05) is 13.1 Å². The van der Waals surface area contributed by atoms with Crippen LogP contribution in [0.1, 0.15) is 20.8 Å². The second-order valence-corrected chi connectivity index (χ2v) is 6.15. The number of ether oxygens (including phenoxy) is 1. The molecule has 2 fully saturated rings. The summed E-state index contributed by atoms with van der Waals surface area (Å²) in [7, 11) is 0. The van der Waals surface area contributed by atoms with Crippen molar-refractivity contribution >= 4 is 13.1 Å². The number of alkyl halides is 2. The van der Waals surface area contributed by atoms with E-state index in [1.54, 1.807) is 20.8 Å². The number of hydrogen-bond acceptors (Lipinski definition) is 2. The van der Waals surface area contributed by atoms with E-state index in [1.165, 1.54) is 0 Å². The van der Waals surface area contributed by atoms with Crippen LogP contribution in [0.3, 0.4) is 0 Å². The van der Waals surface area contributed by atoms with Crippen molar-refractivity contribution in [2.45, 2.75) is 37.6 Å². The van der Waals surface area contributed by atoms with Crippen molar-refractivity contribution in [1.29, 1.82) is 0 Å². The van der Waals surface area contributed by atoms with Crippen LogP contribution in [0.4, 0.5) is 26.5 Å². The molecule has 3 nitrogen and oxygen atoms in total. The molecule has 2 aliphatic rings. The molecule has 2 unspecified atom stereocenters. The Morgan fingerprint density at radius 2 is 1.80 bits per heavy atom. The molecule has 0 aromatic carbocycles. The summed E-state index contributed by atoms with van der Waals surface area (Å²) in [6.07, 6.45) is -0.977. The summed E-state index contributed by atoms with van der Waals surface area (Å²) in [5.41, 5.74) is -0.872. The summed E-state index contributed by atoms with van der Waals surface area (Å²) < 4.78 is 70.0. The monoisotopic (exact) mass is 325 g/mol. The smallest absolute Gasteiger partial charge is 0.448 e. The summed E-state index contributed by atoms with van der Waals surface area (Å²) in [4.78, 5) is 12.3.